The average Bonchev–Trinajstić information content (AvgIpc) is 3.49. The lowest BCUT2D eigenvalue weighted by Crippen LogP contribution is -2.10. The van der Waals surface area contributed by atoms with Crippen molar-refractivity contribution in [3.05, 3.63) is 170 Å². The molecular formula is C41H28N2S. The minimum absolute atomic E-state index is 1.08. The molecule has 0 saturated carbocycles. The molecule has 0 N–H and O–H groups in total. The number of hydrogen-bond acceptors (Lipinski definition) is 3. The molecule has 0 aliphatic heterocycles. The van der Waals surface area contributed by atoms with Gasteiger partial charge in [-0.3, -0.25) is 4.98 Å². The standard InChI is InChI=1S/C41H28N2S/c1-3-9-29(10-4-1)31-15-17-32(18-16-31)34-21-25-36(26-22-34)43(35-23-19-33(20-24-35)30-11-5-2-6-12-30)38-27-42-28-40-41(38)37-13-7-8-14-39(37)44-40/h1-28H. The third-order valence-corrected chi connectivity index (χ3v) is 9.30. The van der Waals surface area contributed by atoms with E-state index in [-0.39, 0.29) is 0 Å². The highest BCUT2D eigenvalue weighted by Crippen LogP contribution is 2.44. The second-order valence-electron chi connectivity index (χ2n) is 10.9. The Morgan fingerprint density at radius 1 is 0.386 bits per heavy atom. The van der Waals surface area contributed by atoms with Crippen LogP contribution in [0.4, 0.5) is 17.1 Å². The number of nitrogens with zero attached hydrogens (tertiary/aromatic N) is 2. The average molecular weight is 581 g/mol. The SMILES string of the molecule is c1ccc(-c2ccc(-c3ccc(N(c4ccc(-c5ccccc5)cc4)c4cncc5sc6ccccc6c45)cc3)cc2)cc1. The Balaban J connectivity index is 1.22. The molecule has 0 saturated heterocycles. The highest BCUT2D eigenvalue weighted by Gasteiger charge is 2.19. The van der Waals surface area contributed by atoms with Crippen molar-refractivity contribution >= 4 is 48.6 Å². The van der Waals surface area contributed by atoms with E-state index in [0.717, 1.165) is 17.1 Å². The zero-order valence-corrected chi connectivity index (χ0v) is 24.8. The minimum atomic E-state index is 1.08. The summed E-state index contributed by atoms with van der Waals surface area (Å²) in [5.41, 5.74) is 10.5. The van der Waals surface area contributed by atoms with Gasteiger partial charge in [0.25, 0.3) is 0 Å². The van der Waals surface area contributed by atoms with Crippen molar-refractivity contribution in [2.24, 2.45) is 0 Å². The van der Waals surface area contributed by atoms with E-state index in [1.54, 1.807) is 11.3 Å². The van der Waals surface area contributed by atoms with Crippen LogP contribution < -0.4 is 4.90 Å². The lowest BCUT2D eigenvalue weighted by molar-refractivity contribution is 1.26. The fourth-order valence-electron chi connectivity index (χ4n) is 5.98. The largest absolute Gasteiger partial charge is 0.308 e. The Kier molecular flexibility index (Phi) is 6.71. The van der Waals surface area contributed by atoms with E-state index >= 15 is 0 Å². The Labute approximate surface area is 261 Å². The van der Waals surface area contributed by atoms with Gasteiger partial charge >= 0.3 is 0 Å². The van der Waals surface area contributed by atoms with E-state index in [2.05, 4.69) is 163 Å². The van der Waals surface area contributed by atoms with Crippen molar-refractivity contribution in [1.29, 1.82) is 0 Å². The molecule has 208 valence electrons. The molecule has 2 aromatic heterocycles. The molecule has 6 aromatic carbocycles. The lowest BCUT2D eigenvalue weighted by Gasteiger charge is -2.26. The first-order valence-electron chi connectivity index (χ1n) is 14.8. The number of thiophene rings is 1. The Hall–Kier alpha value is -5.51. The zero-order valence-electron chi connectivity index (χ0n) is 24.0. The minimum Gasteiger partial charge on any atom is -0.308 e. The summed E-state index contributed by atoms with van der Waals surface area (Å²) >= 11 is 1.79. The van der Waals surface area contributed by atoms with E-state index in [0.29, 0.717) is 0 Å². The third kappa shape index (κ3) is 4.84. The van der Waals surface area contributed by atoms with E-state index in [9.17, 15) is 0 Å². The zero-order chi connectivity index (χ0) is 29.3. The van der Waals surface area contributed by atoms with Gasteiger partial charge in [0.2, 0.25) is 0 Å². The van der Waals surface area contributed by atoms with E-state index in [1.807, 2.05) is 12.4 Å². The van der Waals surface area contributed by atoms with Gasteiger partial charge in [-0.25, -0.2) is 0 Å². The molecule has 8 aromatic rings. The summed E-state index contributed by atoms with van der Waals surface area (Å²) < 4.78 is 2.45. The molecule has 2 nitrogen and oxygen atoms in total. The summed E-state index contributed by atoms with van der Waals surface area (Å²) in [4.78, 5) is 7.05. The van der Waals surface area contributed by atoms with Crippen LogP contribution in [0.2, 0.25) is 0 Å². The number of hydrogen-bond donors (Lipinski definition) is 0. The normalized spacial score (nSPS) is 11.2. The number of aromatic nitrogens is 1. The summed E-state index contributed by atoms with van der Waals surface area (Å²) in [5.74, 6) is 0. The highest BCUT2D eigenvalue weighted by molar-refractivity contribution is 7.25. The molecule has 0 aliphatic carbocycles. The number of benzene rings is 6. The Morgan fingerprint density at radius 2 is 0.818 bits per heavy atom. The highest BCUT2D eigenvalue weighted by atomic mass is 32.1. The maximum Gasteiger partial charge on any atom is 0.0738 e. The van der Waals surface area contributed by atoms with Crippen LogP contribution in [-0.4, -0.2) is 4.98 Å². The van der Waals surface area contributed by atoms with Gasteiger partial charge in [0.1, 0.15) is 0 Å². The Bertz CT molecular complexity index is 2180. The second-order valence-corrected chi connectivity index (χ2v) is 12.0. The van der Waals surface area contributed by atoms with Crippen molar-refractivity contribution in [1.82, 2.24) is 4.98 Å². The van der Waals surface area contributed by atoms with Gasteiger partial charge in [-0.15, -0.1) is 11.3 Å². The summed E-state index contributed by atoms with van der Waals surface area (Å²) in [7, 11) is 0. The summed E-state index contributed by atoms with van der Waals surface area (Å²) in [6, 6.07) is 56.2. The number of anilines is 3. The van der Waals surface area contributed by atoms with Gasteiger partial charge in [0.15, 0.2) is 0 Å². The van der Waals surface area contributed by atoms with Gasteiger partial charge in [0.05, 0.1) is 16.6 Å². The van der Waals surface area contributed by atoms with Crippen LogP contribution in [0.1, 0.15) is 0 Å². The van der Waals surface area contributed by atoms with Crippen LogP contribution in [0.25, 0.3) is 53.6 Å². The quantitative estimate of drug-likeness (QED) is 0.194. The molecule has 0 amide bonds. The summed E-state index contributed by atoms with van der Waals surface area (Å²) in [6.07, 6.45) is 3.99. The smallest absolute Gasteiger partial charge is 0.0738 e. The van der Waals surface area contributed by atoms with Gasteiger partial charge in [-0.1, -0.05) is 127 Å². The van der Waals surface area contributed by atoms with Gasteiger partial charge in [-0.2, -0.15) is 0 Å². The van der Waals surface area contributed by atoms with Crippen LogP contribution >= 0.6 is 11.3 Å². The third-order valence-electron chi connectivity index (χ3n) is 8.19. The van der Waals surface area contributed by atoms with Gasteiger partial charge < -0.3 is 4.90 Å². The van der Waals surface area contributed by atoms with Crippen LogP contribution in [0.5, 0.6) is 0 Å². The number of fused-ring (bicyclic) bond motifs is 3. The summed E-state index contributed by atoms with van der Waals surface area (Å²) in [6.45, 7) is 0. The molecule has 8 rings (SSSR count). The molecule has 0 aliphatic rings. The van der Waals surface area contributed by atoms with Crippen molar-refractivity contribution in [2.75, 3.05) is 4.90 Å². The maximum absolute atomic E-state index is 4.71. The number of pyridine rings is 1. The first kappa shape index (κ1) is 26.1. The first-order chi connectivity index (χ1) is 21.8. The van der Waals surface area contributed by atoms with Crippen molar-refractivity contribution in [3.63, 3.8) is 0 Å². The van der Waals surface area contributed by atoms with Crippen LogP contribution in [-0.2, 0) is 0 Å². The van der Waals surface area contributed by atoms with Gasteiger partial charge in [0, 0.05) is 33.0 Å². The van der Waals surface area contributed by atoms with Crippen molar-refractivity contribution in [3.8, 4) is 33.4 Å². The summed E-state index contributed by atoms with van der Waals surface area (Å²) in [5, 5.41) is 2.49. The first-order valence-corrected chi connectivity index (χ1v) is 15.6. The van der Waals surface area contributed by atoms with Crippen LogP contribution in [0.3, 0.4) is 0 Å². The maximum atomic E-state index is 4.71. The molecular weight excluding hydrogens is 553 g/mol. The van der Waals surface area contributed by atoms with Crippen LogP contribution in [0.15, 0.2) is 170 Å². The molecule has 0 spiro atoms. The lowest BCUT2D eigenvalue weighted by atomic mass is 10.00. The molecule has 0 fully saturated rings. The second kappa shape index (κ2) is 11.3. The predicted octanol–water partition coefficient (Wildman–Crippen LogP) is 11.9. The number of rotatable bonds is 6. The monoisotopic (exact) mass is 580 g/mol. The molecule has 0 radical (unpaired) electrons. The predicted molar refractivity (Wildman–Crippen MR) is 188 cm³/mol. The van der Waals surface area contributed by atoms with Crippen molar-refractivity contribution in [2.45, 2.75) is 0 Å². The molecule has 0 unspecified atom stereocenters. The fourth-order valence-corrected chi connectivity index (χ4v) is 7.07. The molecule has 0 bridgehead atoms. The molecule has 2 heterocycles. The Morgan fingerprint density at radius 3 is 1.34 bits per heavy atom. The molecule has 44 heavy (non-hydrogen) atoms. The molecule has 3 heteroatoms. The molecule has 0 atom stereocenters. The fraction of sp³-hybridized carbons (Fsp3) is 0. The van der Waals surface area contributed by atoms with E-state index < -0.39 is 0 Å². The van der Waals surface area contributed by atoms with Gasteiger partial charge in [-0.05, 0) is 63.7 Å². The van der Waals surface area contributed by atoms with E-state index in [1.165, 1.54) is 53.6 Å². The topological polar surface area (TPSA) is 16.1 Å². The van der Waals surface area contributed by atoms with E-state index in [4.69, 9.17) is 4.98 Å². The van der Waals surface area contributed by atoms with Crippen molar-refractivity contribution < 1.29 is 0 Å². The van der Waals surface area contributed by atoms with Crippen LogP contribution in [0, 0.1) is 0 Å².